The third-order valence-electron chi connectivity index (χ3n) is 3.88. The van der Waals surface area contributed by atoms with E-state index >= 15 is 0 Å². The molecule has 21 heavy (non-hydrogen) atoms. The molecule has 0 aromatic heterocycles. The van der Waals surface area contributed by atoms with Gasteiger partial charge >= 0.3 is 0 Å². The van der Waals surface area contributed by atoms with Gasteiger partial charge in [0, 0.05) is 19.1 Å². The molecule has 116 valence electrons. The minimum absolute atomic E-state index is 0.116. The number of carbonyl (C=O) groups is 1. The highest BCUT2D eigenvalue weighted by Gasteiger charge is 2.18. The van der Waals surface area contributed by atoms with Crippen LogP contribution in [0.2, 0.25) is 0 Å². The Labute approximate surface area is 127 Å². The summed E-state index contributed by atoms with van der Waals surface area (Å²) in [5.74, 6) is 0.116. The summed E-state index contributed by atoms with van der Waals surface area (Å²) in [4.78, 5) is 14.4. The van der Waals surface area contributed by atoms with E-state index in [-0.39, 0.29) is 5.91 Å². The van der Waals surface area contributed by atoms with E-state index in [9.17, 15) is 4.79 Å². The Kier molecular flexibility index (Phi) is 6.70. The Morgan fingerprint density at radius 3 is 2.86 bits per heavy atom. The zero-order chi connectivity index (χ0) is 14.9. The first kappa shape index (κ1) is 16.0. The lowest BCUT2D eigenvalue weighted by Gasteiger charge is -2.24. The van der Waals surface area contributed by atoms with Crippen LogP contribution in [0.25, 0.3) is 0 Å². The van der Waals surface area contributed by atoms with Crippen molar-refractivity contribution < 1.29 is 4.79 Å². The maximum atomic E-state index is 12.1. The maximum Gasteiger partial charge on any atom is 0.234 e. The molecule has 2 N–H and O–H groups in total. The SMILES string of the molecule is CCCN(CC(=O)NCc1ccccc1)CC1CCCN1. The highest BCUT2D eigenvalue weighted by atomic mass is 16.2. The minimum Gasteiger partial charge on any atom is -0.351 e. The van der Waals surface area contributed by atoms with E-state index in [4.69, 9.17) is 0 Å². The van der Waals surface area contributed by atoms with Crippen LogP contribution >= 0.6 is 0 Å². The van der Waals surface area contributed by atoms with Crippen LogP contribution in [-0.2, 0) is 11.3 Å². The molecule has 0 aliphatic carbocycles. The maximum absolute atomic E-state index is 12.1. The number of rotatable bonds is 8. The Morgan fingerprint density at radius 1 is 1.38 bits per heavy atom. The lowest BCUT2D eigenvalue weighted by Crippen LogP contribution is -2.43. The second-order valence-corrected chi connectivity index (χ2v) is 5.79. The number of benzene rings is 1. The van der Waals surface area contributed by atoms with E-state index in [1.165, 1.54) is 12.8 Å². The number of hydrogen-bond acceptors (Lipinski definition) is 3. The van der Waals surface area contributed by atoms with Crippen molar-refractivity contribution in [1.29, 1.82) is 0 Å². The van der Waals surface area contributed by atoms with Crippen molar-refractivity contribution in [3.63, 3.8) is 0 Å². The molecule has 4 nitrogen and oxygen atoms in total. The van der Waals surface area contributed by atoms with Gasteiger partial charge in [0.2, 0.25) is 5.91 Å². The van der Waals surface area contributed by atoms with E-state index in [2.05, 4.69) is 22.5 Å². The zero-order valence-corrected chi connectivity index (χ0v) is 13.0. The lowest BCUT2D eigenvalue weighted by molar-refractivity contribution is -0.122. The summed E-state index contributed by atoms with van der Waals surface area (Å²) in [7, 11) is 0. The van der Waals surface area contributed by atoms with Crippen molar-refractivity contribution in [2.75, 3.05) is 26.2 Å². The zero-order valence-electron chi connectivity index (χ0n) is 13.0. The standard InChI is InChI=1S/C17H27N3O/c1-2-11-20(13-16-9-6-10-18-16)14-17(21)19-12-15-7-4-3-5-8-15/h3-5,7-8,16,18H,2,6,9-14H2,1H3,(H,19,21). The average molecular weight is 289 g/mol. The molecule has 1 unspecified atom stereocenters. The van der Waals surface area contributed by atoms with Crippen molar-refractivity contribution >= 4 is 5.91 Å². The predicted octanol–water partition coefficient (Wildman–Crippen LogP) is 1.77. The summed E-state index contributed by atoms with van der Waals surface area (Å²) in [6.45, 7) is 6.35. The van der Waals surface area contributed by atoms with Crippen LogP contribution in [0.15, 0.2) is 30.3 Å². The van der Waals surface area contributed by atoms with Gasteiger partial charge < -0.3 is 10.6 Å². The molecule has 1 aromatic rings. The normalized spacial score (nSPS) is 18.1. The third-order valence-corrected chi connectivity index (χ3v) is 3.88. The van der Waals surface area contributed by atoms with Gasteiger partial charge in [0.15, 0.2) is 0 Å². The van der Waals surface area contributed by atoms with Crippen molar-refractivity contribution in [3.8, 4) is 0 Å². The predicted molar refractivity (Wildman–Crippen MR) is 86.0 cm³/mol. The Hall–Kier alpha value is -1.39. The minimum atomic E-state index is 0.116. The lowest BCUT2D eigenvalue weighted by atomic mass is 10.2. The van der Waals surface area contributed by atoms with Crippen LogP contribution in [-0.4, -0.2) is 43.0 Å². The van der Waals surface area contributed by atoms with Gasteiger partial charge in [-0.05, 0) is 37.9 Å². The quantitative estimate of drug-likeness (QED) is 0.766. The van der Waals surface area contributed by atoms with Crippen molar-refractivity contribution in [1.82, 2.24) is 15.5 Å². The molecule has 0 saturated carbocycles. The van der Waals surface area contributed by atoms with Gasteiger partial charge in [-0.1, -0.05) is 37.3 Å². The Balaban J connectivity index is 1.74. The molecule has 1 fully saturated rings. The third kappa shape index (κ3) is 5.86. The molecule has 1 aliphatic heterocycles. The van der Waals surface area contributed by atoms with Crippen LogP contribution in [0.1, 0.15) is 31.7 Å². The van der Waals surface area contributed by atoms with E-state index in [1.54, 1.807) is 0 Å². The first-order valence-corrected chi connectivity index (χ1v) is 8.04. The highest BCUT2D eigenvalue weighted by molar-refractivity contribution is 5.78. The van der Waals surface area contributed by atoms with Gasteiger partial charge in [-0.25, -0.2) is 0 Å². The molecule has 4 heteroatoms. The van der Waals surface area contributed by atoms with Crippen molar-refractivity contribution in [2.45, 2.75) is 38.8 Å². The number of amides is 1. The second kappa shape index (κ2) is 8.80. The molecular formula is C17H27N3O. The van der Waals surface area contributed by atoms with Gasteiger partial charge in [0.05, 0.1) is 6.54 Å². The molecule has 1 heterocycles. The summed E-state index contributed by atoms with van der Waals surface area (Å²) >= 11 is 0. The molecule has 1 amide bonds. The van der Waals surface area contributed by atoms with Crippen LogP contribution in [0.5, 0.6) is 0 Å². The largest absolute Gasteiger partial charge is 0.351 e. The van der Waals surface area contributed by atoms with Crippen LogP contribution in [0, 0.1) is 0 Å². The molecule has 0 radical (unpaired) electrons. The first-order chi connectivity index (χ1) is 10.3. The fourth-order valence-electron chi connectivity index (χ4n) is 2.83. The number of hydrogen-bond donors (Lipinski definition) is 2. The first-order valence-electron chi connectivity index (χ1n) is 8.04. The van der Waals surface area contributed by atoms with Gasteiger partial charge in [-0.15, -0.1) is 0 Å². The smallest absolute Gasteiger partial charge is 0.234 e. The van der Waals surface area contributed by atoms with Gasteiger partial charge in [0.25, 0.3) is 0 Å². The summed E-state index contributed by atoms with van der Waals surface area (Å²) < 4.78 is 0. The molecule has 1 aliphatic rings. The number of nitrogens with one attached hydrogen (secondary N) is 2. The van der Waals surface area contributed by atoms with Crippen molar-refractivity contribution in [3.05, 3.63) is 35.9 Å². The fourth-order valence-corrected chi connectivity index (χ4v) is 2.83. The summed E-state index contributed by atoms with van der Waals surface area (Å²) in [6, 6.07) is 10.6. The summed E-state index contributed by atoms with van der Waals surface area (Å²) in [5.41, 5.74) is 1.14. The van der Waals surface area contributed by atoms with Crippen LogP contribution < -0.4 is 10.6 Å². The monoisotopic (exact) mass is 289 g/mol. The fraction of sp³-hybridized carbons (Fsp3) is 0.588. The van der Waals surface area contributed by atoms with E-state index in [0.29, 0.717) is 19.1 Å². The van der Waals surface area contributed by atoms with E-state index in [1.807, 2.05) is 30.3 Å². The van der Waals surface area contributed by atoms with Gasteiger partial charge in [0.1, 0.15) is 0 Å². The molecular weight excluding hydrogens is 262 g/mol. The topological polar surface area (TPSA) is 44.4 Å². The van der Waals surface area contributed by atoms with Gasteiger partial charge in [-0.3, -0.25) is 9.69 Å². The molecule has 1 saturated heterocycles. The highest BCUT2D eigenvalue weighted by Crippen LogP contribution is 2.07. The Bertz CT molecular complexity index is 415. The van der Waals surface area contributed by atoms with Crippen LogP contribution in [0.3, 0.4) is 0 Å². The van der Waals surface area contributed by atoms with Crippen molar-refractivity contribution in [2.24, 2.45) is 0 Å². The van der Waals surface area contributed by atoms with Crippen LogP contribution in [0.4, 0.5) is 0 Å². The molecule has 1 aromatic carbocycles. The summed E-state index contributed by atoms with van der Waals surface area (Å²) in [5, 5.41) is 6.51. The average Bonchev–Trinajstić information content (AvgIpc) is 2.99. The van der Waals surface area contributed by atoms with E-state index in [0.717, 1.165) is 31.6 Å². The number of carbonyl (C=O) groups excluding carboxylic acids is 1. The Morgan fingerprint density at radius 2 is 2.19 bits per heavy atom. The van der Waals surface area contributed by atoms with E-state index < -0.39 is 0 Å². The molecule has 1 atom stereocenters. The molecule has 2 rings (SSSR count). The molecule has 0 bridgehead atoms. The number of nitrogens with zero attached hydrogens (tertiary/aromatic N) is 1. The second-order valence-electron chi connectivity index (χ2n) is 5.79. The molecule has 0 spiro atoms. The summed E-state index contributed by atoms with van der Waals surface area (Å²) in [6.07, 6.45) is 3.56. The van der Waals surface area contributed by atoms with Gasteiger partial charge in [-0.2, -0.15) is 0 Å².